The number of aromatic nitrogens is 2. The third kappa shape index (κ3) is 2.03. The second-order valence-electron chi connectivity index (χ2n) is 5.12. The minimum Gasteiger partial charge on any atom is -0.396 e. The van der Waals surface area contributed by atoms with Crippen molar-refractivity contribution in [2.24, 2.45) is 0 Å². The van der Waals surface area contributed by atoms with Crippen LogP contribution in [0.5, 0.6) is 0 Å². The highest BCUT2D eigenvalue weighted by molar-refractivity contribution is 5.77. The van der Waals surface area contributed by atoms with Crippen LogP contribution in [0, 0.1) is 19.7 Å². The first-order valence-corrected chi connectivity index (χ1v) is 6.51. The number of hydrogen-bond donors (Lipinski definition) is 1. The average molecular weight is 269 g/mol. The SMILES string of the molecule is Cc1cc2ncn(Cc3cccc(N)c3F)c2cc1C. The van der Waals surface area contributed by atoms with Crippen LogP contribution in [0.2, 0.25) is 0 Å². The summed E-state index contributed by atoms with van der Waals surface area (Å²) in [5, 5.41) is 0. The first kappa shape index (κ1) is 12.7. The number of rotatable bonds is 2. The van der Waals surface area contributed by atoms with Gasteiger partial charge < -0.3 is 10.3 Å². The predicted octanol–water partition coefficient (Wildman–Crippen LogP) is 3.42. The fourth-order valence-electron chi connectivity index (χ4n) is 2.34. The van der Waals surface area contributed by atoms with Crippen LogP contribution < -0.4 is 5.73 Å². The Hall–Kier alpha value is -2.36. The number of nitrogen functional groups attached to an aromatic ring is 1. The molecule has 0 bridgehead atoms. The van der Waals surface area contributed by atoms with E-state index in [0.29, 0.717) is 12.1 Å². The zero-order chi connectivity index (χ0) is 14.3. The van der Waals surface area contributed by atoms with E-state index in [0.717, 1.165) is 11.0 Å². The van der Waals surface area contributed by atoms with Crippen molar-refractivity contribution in [3.8, 4) is 0 Å². The second kappa shape index (κ2) is 4.63. The molecular weight excluding hydrogens is 253 g/mol. The summed E-state index contributed by atoms with van der Waals surface area (Å²) >= 11 is 0. The molecule has 102 valence electrons. The standard InChI is InChI=1S/C16H16FN3/c1-10-6-14-15(7-11(10)2)20(9-19-14)8-12-4-3-5-13(18)16(12)17/h3-7,9H,8,18H2,1-2H3. The molecule has 1 heterocycles. The normalized spacial score (nSPS) is 11.2. The summed E-state index contributed by atoms with van der Waals surface area (Å²) in [6, 6.07) is 9.22. The highest BCUT2D eigenvalue weighted by atomic mass is 19.1. The van der Waals surface area contributed by atoms with E-state index in [4.69, 9.17) is 5.73 Å². The van der Waals surface area contributed by atoms with E-state index in [1.807, 2.05) is 4.57 Å². The van der Waals surface area contributed by atoms with E-state index in [-0.39, 0.29) is 11.5 Å². The maximum atomic E-state index is 14.0. The molecule has 2 aromatic carbocycles. The lowest BCUT2D eigenvalue weighted by Gasteiger charge is -2.08. The molecular formula is C16H16FN3. The number of fused-ring (bicyclic) bond motifs is 1. The highest BCUT2D eigenvalue weighted by Crippen LogP contribution is 2.21. The molecule has 3 rings (SSSR count). The van der Waals surface area contributed by atoms with Gasteiger partial charge in [-0.15, -0.1) is 0 Å². The number of benzene rings is 2. The van der Waals surface area contributed by atoms with Crippen molar-refractivity contribution in [1.29, 1.82) is 0 Å². The van der Waals surface area contributed by atoms with Gasteiger partial charge in [-0.25, -0.2) is 9.37 Å². The monoisotopic (exact) mass is 269 g/mol. The smallest absolute Gasteiger partial charge is 0.151 e. The molecule has 0 atom stereocenters. The number of halogens is 1. The van der Waals surface area contributed by atoms with E-state index in [1.54, 1.807) is 24.5 Å². The second-order valence-corrected chi connectivity index (χ2v) is 5.12. The van der Waals surface area contributed by atoms with Gasteiger partial charge in [0.1, 0.15) is 0 Å². The van der Waals surface area contributed by atoms with Crippen LogP contribution in [0.3, 0.4) is 0 Å². The van der Waals surface area contributed by atoms with E-state index >= 15 is 0 Å². The minimum atomic E-state index is -0.349. The van der Waals surface area contributed by atoms with Gasteiger partial charge >= 0.3 is 0 Å². The molecule has 0 saturated heterocycles. The third-order valence-corrected chi connectivity index (χ3v) is 3.69. The Morgan fingerprint density at radius 2 is 1.95 bits per heavy atom. The molecule has 3 aromatic rings. The molecule has 0 radical (unpaired) electrons. The van der Waals surface area contributed by atoms with Crippen LogP contribution in [0.25, 0.3) is 11.0 Å². The van der Waals surface area contributed by atoms with Gasteiger partial charge in [0.25, 0.3) is 0 Å². The molecule has 0 amide bonds. The molecule has 3 nitrogen and oxygen atoms in total. The Balaban J connectivity index is 2.07. The van der Waals surface area contributed by atoms with Crippen molar-refractivity contribution in [3.63, 3.8) is 0 Å². The van der Waals surface area contributed by atoms with Gasteiger partial charge in [-0.3, -0.25) is 0 Å². The highest BCUT2D eigenvalue weighted by Gasteiger charge is 2.09. The molecule has 0 spiro atoms. The van der Waals surface area contributed by atoms with Crippen LogP contribution in [0.15, 0.2) is 36.7 Å². The molecule has 0 aliphatic carbocycles. The first-order chi connectivity index (χ1) is 9.56. The van der Waals surface area contributed by atoms with Crippen LogP contribution in [-0.2, 0) is 6.54 Å². The van der Waals surface area contributed by atoms with E-state index in [1.165, 1.54) is 11.1 Å². The quantitative estimate of drug-likeness (QED) is 0.724. The van der Waals surface area contributed by atoms with Crippen LogP contribution in [0.4, 0.5) is 10.1 Å². The summed E-state index contributed by atoms with van der Waals surface area (Å²) in [6.45, 7) is 4.55. The van der Waals surface area contributed by atoms with Gasteiger partial charge in [0.05, 0.1) is 29.6 Å². The lowest BCUT2D eigenvalue weighted by molar-refractivity contribution is 0.606. The summed E-state index contributed by atoms with van der Waals surface area (Å²) in [7, 11) is 0. The Morgan fingerprint density at radius 1 is 1.20 bits per heavy atom. The zero-order valence-corrected chi connectivity index (χ0v) is 11.5. The average Bonchev–Trinajstić information content (AvgIpc) is 2.78. The van der Waals surface area contributed by atoms with E-state index in [9.17, 15) is 4.39 Å². The van der Waals surface area contributed by atoms with Crippen molar-refractivity contribution < 1.29 is 4.39 Å². The van der Waals surface area contributed by atoms with Gasteiger partial charge in [0.2, 0.25) is 0 Å². The van der Waals surface area contributed by atoms with Crippen molar-refractivity contribution >= 4 is 16.7 Å². The van der Waals surface area contributed by atoms with Gasteiger partial charge in [-0.05, 0) is 43.2 Å². The lowest BCUT2D eigenvalue weighted by atomic mass is 10.1. The van der Waals surface area contributed by atoms with Crippen molar-refractivity contribution in [1.82, 2.24) is 9.55 Å². The van der Waals surface area contributed by atoms with Crippen LogP contribution >= 0.6 is 0 Å². The van der Waals surface area contributed by atoms with Crippen molar-refractivity contribution in [2.75, 3.05) is 5.73 Å². The maximum absolute atomic E-state index is 14.0. The Kier molecular flexibility index (Phi) is 2.93. The minimum absolute atomic E-state index is 0.180. The fourth-order valence-corrected chi connectivity index (χ4v) is 2.34. The number of imidazole rings is 1. The Labute approximate surface area is 116 Å². The topological polar surface area (TPSA) is 43.8 Å². The van der Waals surface area contributed by atoms with Crippen molar-refractivity contribution in [2.45, 2.75) is 20.4 Å². The third-order valence-electron chi connectivity index (χ3n) is 3.69. The number of hydrogen-bond acceptors (Lipinski definition) is 2. The number of nitrogens with two attached hydrogens (primary N) is 1. The summed E-state index contributed by atoms with van der Waals surface area (Å²) in [6.07, 6.45) is 1.74. The Morgan fingerprint density at radius 3 is 2.75 bits per heavy atom. The van der Waals surface area contributed by atoms with Gasteiger partial charge in [-0.2, -0.15) is 0 Å². The molecule has 20 heavy (non-hydrogen) atoms. The molecule has 2 N–H and O–H groups in total. The Bertz CT molecular complexity index is 790. The van der Waals surface area contributed by atoms with Crippen molar-refractivity contribution in [3.05, 3.63) is 59.2 Å². The first-order valence-electron chi connectivity index (χ1n) is 6.51. The lowest BCUT2D eigenvalue weighted by Crippen LogP contribution is -2.03. The van der Waals surface area contributed by atoms with Gasteiger partial charge in [0.15, 0.2) is 5.82 Å². The predicted molar refractivity (Wildman–Crippen MR) is 79.1 cm³/mol. The number of anilines is 1. The molecule has 1 aromatic heterocycles. The van der Waals surface area contributed by atoms with E-state index in [2.05, 4.69) is 31.0 Å². The maximum Gasteiger partial charge on any atom is 0.151 e. The number of nitrogens with zero attached hydrogens (tertiary/aromatic N) is 2. The van der Waals surface area contributed by atoms with Crippen LogP contribution in [0.1, 0.15) is 16.7 Å². The molecule has 0 unspecified atom stereocenters. The zero-order valence-electron chi connectivity index (χ0n) is 11.5. The van der Waals surface area contributed by atoms with E-state index < -0.39 is 0 Å². The summed E-state index contributed by atoms with van der Waals surface area (Å²) < 4.78 is 15.9. The molecule has 0 fully saturated rings. The van der Waals surface area contributed by atoms with Gasteiger partial charge in [0, 0.05) is 5.56 Å². The molecule has 0 aliphatic heterocycles. The summed E-state index contributed by atoms with van der Waals surface area (Å²) in [5.74, 6) is -0.349. The molecule has 0 saturated carbocycles. The number of aryl methyl sites for hydroxylation is 2. The molecule has 0 aliphatic rings. The fraction of sp³-hybridized carbons (Fsp3) is 0.188. The van der Waals surface area contributed by atoms with Gasteiger partial charge in [-0.1, -0.05) is 12.1 Å². The summed E-state index contributed by atoms with van der Waals surface area (Å²) in [4.78, 5) is 4.38. The largest absolute Gasteiger partial charge is 0.396 e. The summed E-state index contributed by atoms with van der Waals surface area (Å²) in [5.41, 5.74) is 10.7. The van der Waals surface area contributed by atoms with Crippen LogP contribution in [-0.4, -0.2) is 9.55 Å². The molecule has 4 heteroatoms.